The van der Waals surface area contributed by atoms with Gasteiger partial charge >= 0.3 is 18.2 Å². The van der Waals surface area contributed by atoms with Crippen LogP contribution in [-0.4, -0.2) is 45.8 Å². The van der Waals surface area contributed by atoms with Crippen LogP contribution in [-0.2, 0) is 16.0 Å². The third kappa shape index (κ3) is 3.92. The minimum absolute atomic E-state index is 0.0190. The third-order valence-electron chi connectivity index (χ3n) is 6.18. The fourth-order valence-electron chi connectivity index (χ4n) is 5.10. The molecule has 0 bridgehead atoms. The van der Waals surface area contributed by atoms with Gasteiger partial charge in [0, 0.05) is 29.6 Å². The van der Waals surface area contributed by atoms with Gasteiger partial charge in [-0.1, -0.05) is 31.0 Å². The highest BCUT2D eigenvalue weighted by atomic mass is 19.4. The predicted molar refractivity (Wildman–Crippen MR) is 110 cm³/mol. The maximum Gasteiger partial charge on any atom is 0.471 e. The van der Waals surface area contributed by atoms with Gasteiger partial charge in [0.15, 0.2) is 0 Å². The summed E-state index contributed by atoms with van der Waals surface area (Å²) in [6, 6.07) is 6.82. The zero-order valence-corrected chi connectivity index (χ0v) is 18.0. The molecule has 0 saturated heterocycles. The molecule has 1 aromatic heterocycles. The van der Waals surface area contributed by atoms with E-state index in [0.717, 1.165) is 28.7 Å². The molecule has 4 rings (SSSR count). The number of hydrogen-bond acceptors (Lipinski definition) is 3. The first-order valence-corrected chi connectivity index (χ1v) is 10.7. The lowest BCUT2D eigenvalue weighted by Crippen LogP contribution is -2.50. The smallest absolute Gasteiger partial charge is 0.443 e. The highest BCUT2D eigenvalue weighted by molar-refractivity contribution is 5.94. The molecule has 0 unspecified atom stereocenters. The van der Waals surface area contributed by atoms with Gasteiger partial charge in [-0.15, -0.1) is 0 Å². The van der Waals surface area contributed by atoms with Gasteiger partial charge in [-0.2, -0.15) is 13.2 Å². The molecule has 168 valence electrons. The number of rotatable bonds is 0. The minimum atomic E-state index is -4.92. The highest BCUT2D eigenvalue weighted by Crippen LogP contribution is 2.44. The lowest BCUT2D eigenvalue weighted by molar-refractivity contribution is -0.188. The Hall–Kier alpha value is -2.51. The van der Waals surface area contributed by atoms with E-state index < -0.39 is 29.8 Å². The molecule has 1 amide bonds. The Kier molecular flexibility index (Phi) is 5.30. The van der Waals surface area contributed by atoms with Crippen molar-refractivity contribution in [1.82, 2.24) is 9.47 Å². The van der Waals surface area contributed by atoms with E-state index in [1.54, 1.807) is 25.3 Å². The number of alkyl halides is 3. The number of carbonyl (C=O) groups excluding carboxylic acids is 2. The summed E-state index contributed by atoms with van der Waals surface area (Å²) in [6.07, 6.45) is -2.49. The van der Waals surface area contributed by atoms with E-state index in [1.165, 1.54) is 0 Å². The highest BCUT2D eigenvalue weighted by Gasteiger charge is 2.48. The second kappa shape index (κ2) is 7.57. The maximum atomic E-state index is 13.4. The summed E-state index contributed by atoms with van der Waals surface area (Å²) in [7, 11) is 0. The van der Waals surface area contributed by atoms with Crippen LogP contribution >= 0.6 is 0 Å². The first-order valence-electron chi connectivity index (χ1n) is 10.7. The van der Waals surface area contributed by atoms with Gasteiger partial charge in [0.25, 0.3) is 0 Å². The average Bonchev–Trinajstić information content (AvgIpc) is 2.91. The molecule has 5 nitrogen and oxygen atoms in total. The Morgan fingerprint density at radius 2 is 1.74 bits per heavy atom. The average molecular weight is 436 g/mol. The molecule has 2 heterocycles. The van der Waals surface area contributed by atoms with Crippen molar-refractivity contribution < 1.29 is 27.5 Å². The first kappa shape index (κ1) is 21.7. The van der Waals surface area contributed by atoms with E-state index in [9.17, 15) is 22.8 Å². The molecular weight excluding hydrogens is 409 g/mol. The summed E-state index contributed by atoms with van der Waals surface area (Å²) in [6.45, 7) is 5.32. The van der Waals surface area contributed by atoms with Crippen LogP contribution in [0.1, 0.15) is 63.6 Å². The maximum absolute atomic E-state index is 13.4. The number of amides is 1. The molecule has 1 fully saturated rings. The van der Waals surface area contributed by atoms with Crippen LogP contribution < -0.4 is 0 Å². The van der Waals surface area contributed by atoms with Crippen molar-refractivity contribution in [2.75, 3.05) is 6.54 Å². The molecule has 2 atom stereocenters. The fourth-order valence-corrected chi connectivity index (χ4v) is 5.10. The molecule has 0 radical (unpaired) electrons. The number of fused-ring (bicyclic) bond motifs is 5. The lowest BCUT2D eigenvalue weighted by Gasteiger charge is -2.39. The van der Waals surface area contributed by atoms with Gasteiger partial charge in [-0.3, -0.25) is 4.79 Å². The van der Waals surface area contributed by atoms with Gasteiger partial charge in [0.1, 0.15) is 5.60 Å². The van der Waals surface area contributed by atoms with E-state index in [1.807, 2.05) is 24.3 Å². The number of ether oxygens (including phenoxy) is 1. The molecular formula is C23H27F3N2O3. The van der Waals surface area contributed by atoms with Crippen LogP contribution in [0.5, 0.6) is 0 Å². The number of para-hydroxylation sites is 1. The zero-order valence-electron chi connectivity index (χ0n) is 18.0. The summed E-state index contributed by atoms with van der Waals surface area (Å²) in [4.78, 5) is 26.5. The summed E-state index contributed by atoms with van der Waals surface area (Å²) < 4.78 is 47.3. The molecule has 8 heteroatoms. The third-order valence-corrected chi connectivity index (χ3v) is 6.18. The van der Waals surface area contributed by atoms with Gasteiger partial charge < -0.3 is 9.64 Å². The van der Waals surface area contributed by atoms with Gasteiger partial charge in [-0.25, -0.2) is 9.36 Å². The number of benzene rings is 1. The normalized spacial score (nSPS) is 21.9. The van der Waals surface area contributed by atoms with E-state index >= 15 is 0 Å². The zero-order chi connectivity index (χ0) is 22.6. The molecule has 31 heavy (non-hydrogen) atoms. The summed E-state index contributed by atoms with van der Waals surface area (Å²) in [5, 5.41) is 0.828. The molecule has 1 aliphatic heterocycles. The number of carbonyl (C=O) groups is 2. The standard InChI is InChI=1S/C23H27F3N2O3/c1-22(2,3)31-21(30)28-18-11-7-4-8-14(18)15-12-13-27(20(29)23(24,25)26)17-10-6-5-9-16(17)19(15)28/h4,7-8,11,16-17H,5-6,9-10,12-13H2,1-3H3/t16-,17+/m1/s1. The van der Waals surface area contributed by atoms with E-state index in [4.69, 9.17) is 4.74 Å². The van der Waals surface area contributed by atoms with Gasteiger partial charge in [0.2, 0.25) is 0 Å². The largest absolute Gasteiger partial charge is 0.471 e. The molecule has 1 aliphatic carbocycles. The molecule has 2 aromatic rings. The number of halogens is 3. The van der Waals surface area contributed by atoms with Crippen molar-refractivity contribution in [3.63, 3.8) is 0 Å². The fraction of sp³-hybridized carbons (Fsp3) is 0.565. The second-order valence-electron chi connectivity index (χ2n) is 9.40. The summed E-state index contributed by atoms with van der Waals surface area (Å²) >= 11 is 0. The van der Waals surface area contributed by atoms with Crippen LogP contribution in [0, 0.1) is 0 Å². The first-order chi connectivity index (χ1) is 14.5. The summed E-state index contributed by atoms with van der Waals surface area (Å²) in [5.74, 6) is -2.14. The molecule has 2 aliphatic rings. The van der Waals surface area contributed by atoms with Gasteiger partial charge in [-0.05, 0) is 51.7 Å². The minimum Gasteiger partial charge on any atom is -0.443 e. The topological polar surface area (TPSA) is 51.5 Å². The monoisotopic (exact) mass is 436 g/mol. The van der Waals surface area contributed by atoms with Crippen molar-refractivity contribution in [1.29, 1.82) is 0 Å². The Morgan fingerprint density at radius 3 is 2.42 bits per heavy atom. The predicted octanol–water partition coefficient (Wildman–Crippen LogP) is 5.40. The van der Waals surface area contributed by atoms with Crippen LogP contribution in [0.4, 0.5) is 18.0 Å². The number of aromatic nitrogens is 1. The van der Waals surface area contributed by atoms with Crippen molar-refractivity contribution in [3.05, 3.63) is 35.5 Å². The Morgan fingerprint density at radius 1 is 1.06 bits per heavy atom. The Balaban J connectivity index is 1.89. The quantitative estimate of drug-likeness (QED) is 0.556. The van der Waals surface area contributed by atoms with E-state index in [2.05, 4.69) is 0 Å². The Bertz CT molecular complexity index is 1020. The van der Waals surface area contributed by atoms with Crippen molar-refractivity contribution in [2.45, 2.75) is 76.6 Å². The van der Waals surface area contributed by atoms with Crippen LogP contribution in [0.15, 0.2) is 24.3 Å². The molecule has 1 saturated carbocycles. The van der Waals surface area contributed by atoms with E-state index in [0.29, 0.717) is 24.1 Å². The van der Waals surface area contributed by atoms with Crippen LogP contribution in [0.25, 0.3) is 10.9 Å². The summed E-state index contributed by atoms with van der Waals surface area (Å²) in [5.41, 5.74) is 1.53. The van der Waals surface area contributed by atoms with Crippen molar-refractivity contribution in [3.8, 4) is 0 Å². The Labute approximate surface area is 179 Å². The van der Waals surface area contributed by atoms with Crippen LogP contribution in [0.3, 0.4) is 0 Å². The molecule has 0 spiro atoms. The lowest BCUT2D eigenvalue weighted by atomic mass is 9.81. The van der Waals surface area contributed by atoms with E-state index in [-0.39, 0.29) is 18.9 Å². The SMILES string of the molecule is CC(C)(C)OC(=O)n1c2c(c3ccccc31)CCN(C(=O)C(F)(F)F)[C@H]1CCCC[C@@H]21. The number of nitrogens with zero attached hydrogens (tertiary/aromatic N) is 2. The van der Waals surface area contributed by atoms with Gasteiger partial charge in [0.05, 0.1) is 5.52 Å². The van der Waals surface area contributed by atoms with Crippen LogP contribution in [0.2, 0.25) is 0 Å². The second-order valence-corrected chi connectivity index (χ2v) is 9.40. The van der Waals surface area contributed by atoms with Crippen molar-refractivity contribution in [2.24, 2.45) is 0 Å². The number of hydrogen-bond donors (Lipinski definition) is 0. The molecule has 1 aromatic carbocycles. The van der Waals surface area contributed by atoms with Crippen molar-refractivity contribution >= 4 is 22.9 Å². The molecule has 0 N–H and O–H groups in total.